The second-order valence-electron chi connectivity index (χ2n) is 3.37. The minimum absolute atomic E-state index is 0.136. The molecule has 9 heteroatoms. The molecule has 0 radical (unpaired) electrons. The lowest BCUT2D eigenvalue weighted by Crippen LogP contribution is -2.18. The number of esters is 1. The summed E-state index contributed by atoms with van der Waals surface area (Å²) >= 11 is 1.10. The Kier molecular flexibility index (Phi) is 4.37. The lowest BCUT2D eigenvalue weighted by Gasteiger charge is -2.16. The lowest BCUT2D eigenvalue weighted by atomic mass is 10.0. The summed E-state index contributed by atoms with van der Waals surface area (Å²) in [4.78, 5) is 11.2. The third-order valence-electron chi connectivity index (χ3n) is 2.11. The number of methoxy groups -OCH3 is 1. The van der Waals surface area contributed by atoms with Crippen molar-refractivity contribution in [3.05, 3.63) is 32.4 Å². The first kappa shape index (κ1) is 16.1. The quantitative estimate of drug-likeness (QED) is 0.405. The maximum absolute atomic E-state index is 12.7. The van der Waals surface area contributed by atoms with Gasteiger partial charge in [0.2, 0.25) is 0 Å². The van der Waals surface area contributed by atoms with Crippen molar-refractivity contribution in [1.29, 1.82) is 0 Å². The maximum Gasteiger partial charge on any atom is 0.418 e. The van der Waals surface area contributed by atoms with Crippen LogP contribution in [0.3, 0.4) is 0 Å². The number of halogens is 7. The number of hydrogen-bond acceptors (Lipinski definition) is 2. The van der Waals surface area contributed by atoms with Crippen molar-refractivity contribution in [2.75, 3.05) is 7.11 Å². The molecule has 1 rings (SSSR count). The van der Waals surface area contributed by atoms with E-state index in [0.717, 1.165) is 29.7 Å². The zero-order valence-electron chi connectivity index (χ0n) is 9.12. The zero-order valence-corrected chi connectivity index (χ0v) is 11.3. The molecular weight excluding hydrogens is 393 g/mol. The fourth-order valence-corrected chi connectivity index (χ4v) is 2.26. The summed E-state index contributed by atoms with van der Waals surface area (Å²) in [5.41, 5.74) is -3.94. The molecule has 0 aliphatic heterocycles. The topological polar surface area (TPSA) is 26.3 Å². The highest BCUT2D eigenvalue weighted by Gasteiger charge is 2.41. The molecule has 106 valence electrons. The summed E-state index contributed by atoms with van der Waals surface area (Å²) in [7, 11) is 0.787. The van der Waals surface area contributed by atoms with Gasteiger partial charge in [-0.2, -0.15) is 26.3 Å². The van der Waals surface area contributed by atoms with Crippen molar-refractivity contribution in [2.45, 2.75) is 12.4 Å². The van der Waals surface area contributed by atoms with Crippen molar-refractivity contribution >= 4 is 28.6 Å². The predicted octanol–water partition coefficient (Wildman–Crippen LogP) is 4.12. The minimum atomic E-state index is -4.95. The first-order valence-corrected chi connectivity index (χ1v) is 5.62. The van der Waals surface area contributed by atoms with Crippen LogP contribution in [0.5, 0.6) is 0 Å². The summed E-state index contributed by atoms with van der Waals surface area (Å²) in [6, 6.07) is 0.465. The molecule has 2 nitrogen and oxygen atoms in total. The van der Waals surface area contributed by atoms with Gasteiger partial charge < -0.3 is 4.74 Å². The van der Waals surface area contributed by atoms with Gasteiger partial charge in [0.15, 0.2) is 0 Å². The zero-order chi connectivity index (χ0) is 15.0. The van der Waals surface area contributed by atoms with E-state index in [4.69, 9.17) is 0 Å². The second kappa shape index (κ2) is 5.17. The van der Waals surface area contributed by atoms with Crippen molar-refractivity contribution in [2.24, 2.45) is 0 Å². The fourth-order valence-electron chi connectivity index (χ4n) is 1.33. The standard InChI is InChI=1S/C10H5F6IO2/c1-19-8(18)5-2-4(9(11,12)13)3-6(17)7(5)10(14,15)16/h2-3H,1H3. The Morgan fingerprint density at radius 2 is 1.63 bits per heavy atom. The van der Waals surface area contributed by atoms with E-state index >= 15 is 0 Å². The summed E-state index contributed by atoms with van der Waals surface area (Å²) < 4.78 is 79.1. The first-order chi connectivity index (χ1) is 8.48. The van der Waals surface area contributed by atoms with Gasteiger partial charge in [0.25, 0.3) is 0 Å². The Morgan fingerprint density at radius 1 is 1.11 bits per heavy atom. The fraction of sp³-hybridized carbons (Fsp3) is 0.300. The average Bonchev–Trinajstić information content (AvgIpc) is 2.23. The van der Waals surface area contributed by atoms with E-state index in [9.17, 15) is 31.1 Å². The van der Waals surface area contributed by atoms with E-state index in [1.165, 1.54) is 0 Å². The summed E-state index contributed by atoms with van der Waals surface area (Å²) in [5, 5.41) is 0. The van der Waals surface area contributed by atoms with E-state index in [-0.39, 0.29) is 6.07 Å². The van der Waals surface area contributed by atoms with Crippen LogP contribution < -0.4 is 0 Å². The molecule has 0 aliphatic carbocycles. The van der Waals surface area contributed by atoms with Crippen LogP contribution in [0.4, 0.5) is 26.3 Å². The monoisotopic (exact) mass is 398 g/mol. The molecule has 0 spiro atoms. The number of alkyl halides is 6. The Hall–Kier alpha value is -1.00. The van der Waals surface area contributed by atoms with E-state index in [0.29, 0.717) is 6.07 Å². The second-order valence-corrected chi connectivity index (χ2v) is 4.53. The summed E-state index contributed by atoms with van der Waals surface area (Å²) in [6.07, 6.45) is -9.81. The SMILES string of the molecule is COC(=O)c1cc(C(F)(F)F)cc(I)c1C(F)(F)F. The molecule has 0 heterocycles. The van der Waals surface area contributed by atoms with Crippen molar-refractivity contribution in [3.8, 4) is 0 Å². The Labute approximate surface area is 116 Å². The van der Waals surface area contributed by atoms with E-state index in [1.54, 1.807) is 0 Å². The van der Waals surface area contributed by atoms with Crippen molar-refractivity contribution < 1.29 is 35.9 Å². The maximum atomic E-state index is 12.7. The number of benzene rings is 1. The van der Waals surface area contributed by atoms with Crippen LogP contribution in [0.1, 0.15) is 21.5 Å². The molecule has 0 bridgehead atoms. The van der Waals surface area contributed by atoms with E-state index in [2.05, 4.69) is 4.74 Å². The van der Waals surface area contributed by atoms with Gasteiger partial charge in [0, 0.05) is 3.57 Å². The summed E-state index contributed by atoms with van der Waals surface area (Å²) in [5.74, 6) is -1.48. The minimum Gasteiger partial charge on any atom is -0.465 e. The Morgan fingerprint density at radius 3 is 2.00 bits per heavy atom. The molecule has 0 unspecified atom stereocenters. The van der Waals surface area contributed by atoms with E-state index < -0.39 is 38.6 Å². The molecule has 0 fully saturated rings. The van der Waals surface area contributed by atoms with Crippen LogP contribution in [0.15, 0.2) is 12.1 Å². The molecular formula is C10H5F6IO2. The van der Waals surface area contributed by atoms with Gasteiger partial charge in [-0.1, -0.05) is 0 Å². The third-order valence-corrected chi connectivity index (χ3v) is 2.96. The number of rotatable bonds is 1. The number of ether oxygens (including phenoxy) is 1. The van der Waals surface area contributed by atoms with Gasteiger partial charge >= 0.3 is 18.3 Å². The highest BCUT2D eigenvalue weighted by atomic mass is 127. The molecule has 1 aromatic rings. The Balaban J connectivity index is 3.62. The van der Waals surface area contributed by atoms with Gasteiger partial charge in [-0.05, 0) is 34.7 Å². The van der Waals surface area contributed by atoms with Crippen LogP contribution in [-0.2, 0) is 17.1 Å². The van der Waals surface area contributed by atoms with E-state index in [1.807, 2.05) is 0 Å². The molecule has 0 aromatic heterocycles. The van der Waals surface area contributed by atoms with Gasteiger partial charge in [0.1, 0.15) is 0 Å². The number of carbonyl (C=O) groups is 1. The molecule has 0 atom stereocenters. The highest BCUT2D eigenvalue weighted by Crippen LogP contribution is 2.39. The van der Waals surface area contributed by atoms with Crippen molar-refractivity contribution in [1.82, 2.24) is 0 Å². The smallest absolute Gasteiger partial charge is 0.418 e. The predicted molar refractivity (Wildman–Crippen MR) is 60.5 cm³/mol. The number of carbonyl (C=O) groups excluding carboxylic acids is 1. The van der Waals surface area contributed by atoms with Gasteiger partial charge in [-0.3, -0.25) is 0 Å². The third kappa shape index (κ3) is 3.51. The molecule has 0 amide bonds. The molecule has 0 saturated carbocycles. The van der Waals surface area contributed by atoms with Gasteiger partial charge in [0.05, 0.1) is 23.8 Å². The van der Waals surface area contributed by atoms with Crippen molar-refractivity contribution in [3.63, 3.8) is 0 Å². The van der Waals surface area contributed by atoms with Crippen LogP contribution in [-0.4, -0.2) is 13.1 Å². The normalized spacial score (nSPS) is 12.4. The highest BCUT2D eigenvalue weighted by molar-refractivity contribution is 14.1. The van der Waals surface area contributed by atoms with Crippen LogP contribution in [0.2, 0.25) is 0 Å². The molecule has 0 saturated heterocycles. The number of hydrogen-bond donors (Lipinski definition) is 0. The van der Waals surface area contributed by atoms with Crippen LogP contribution in [0.25, 0.3) is 0 Å². The summed E-state index contributed by atoms with van der Waals surface area (Å²) in [6.45, 7) is 0. The molecule has 19 heavy (non-hydrogen) atoms. The largest absolute Gasteiger partial charge is 0.465 e. The molecule has 1 aromatic carbocycles. The van der Waals surface area contributed by atoms with Gasteiger partial charge in [-0.25, -0.2) is 4.79 Å². The van der Waals surface area contributed by atoms with Crippen LogP contribution in [0, 0.1) is 3.57 Å². The lowest BCUT2D eigenvalue weighted by molar-refractivity contribution is -0.142. The van der Waals surface area contributed by atoms with Gasteiger partial charge in [-0.15, -0.1) is 0 Å². The average molecular weight is 398 g/mol. The van der Waals surface area contributed by atoms with Crippen LogP contribution >= 0.6 is 22.6 Å². The molecule has 0 aliphatic rings. The molecule has 0 N–H and O–H groups in total. The Bertz CT molecular complexity index is 506. The first-order valence-electron chi connectivity index (χ1n) is 4.54.